The van der Waals surface area contributed by atoms with Gasteiger partial charge in [-0.2, -0.15) is 5.26 Å². The molecule has 29 heavy (non-hydrogen) atoms. The molecule has 0 unspecified atom stereocenters. The van der Waals surface area contributed by atoms with E-state index in [0.29, 0.717) is 6.54 Å². The monoisotopic (exact) mass is 394 g/mol. The van der Waals surface area contributed by atoms with Crippen molar-refractivity contribution in [3.8, 4) is 11.8 Å². The van der Waals surface area contributed by atoms with Gasteiger partial charge in [-0.25, -0.2) is 0 Å². The SMILES string of the molecule is COc1cc([N+](=O)[O-])ccc1NC(=O)/C(C#N)=C\N(Cc1ccccc1)C(C)C. The van der Waals surface area contributed by atoms with E-state index in [0.717, 1.165) is 5.56 Å². The quantitative estimate of drug-likeness (QED) is 0.315. The molecule has 8 nitrogen and oxygen atoms in total. The second-order valence-corrected chi connectivity index (χ2v) is 6.50. The fourth-order valence-corrected chi connectivity index (χ4v) is 2.56. The van der Waals surface area contributed by atoms with Crippen LogP contribution in [0.2, 0.25) is 0 Å². The maximum absolute atomic E-state index is 12.6. The molecule has 2 rings (SSSR count). The number of benzene rings is 2. The Kier molecular flexibility index (Phi) is 7.32. The van der Waals surface area contributed by atoms with Crippen LogP contribution in [-0.4, -0.2) is 28.9 Å². The topological polar surface area (TPSA) is 108 Å². The summed E-state index contributed by atoms with van der Waals surface area (Å²) in [6, 6.07) is 15.5. The van der Waals surface area contributed by atoms with Crippen molar-refractivity contribution in [2.24, 2.45) is 0 Å². The van der Waals surface area contributed by atoms with Gasteiger partial charge in [-0.1, -0.05) is 30.3 Å². The number of hydrogen-bond donors (Lipinski definition) is 1. The van der Waals surface area contributed by atoms with Crippen LogP contribution in [0.5, 0.6) is 5.75 Å². The molecule has 0 aliphatic rings. The summed E-state index contributed by atoms with van der Waals surface area (Å²) in [7, 11) is 1.34. The Labute approximate surface area is 169 Å². The van der Waals surface area contributed by atoms with Gasteiger partial charge in [0.1, 0.15) is 17.4 Å². The van der Waals surface area contributed by atoms with Crippen LogP contribution >= 0.6 is 0 Å². The summed E-state index contributed by atoms with van der Waals surface area (Å²) in [5.74, 6) is -0.492. The minimum Gasteiger partial charge on any atom is -0.494 e. The highest BCUT2D eigenvalue weighted by atomic mass is 16.6. The van der Waals surface area contributed by atoms with Gasteiger partial charge in [0.25, 0.3) is 11.6 Å². The fourth-order valence-electron chi connectivity index (χ4n) is 2.56. The van der Waals surface area contributed by atoms with Gasteiger partial charge in [0.15, 0.2) is 0 Å². The lowest BCUT2D eigenvalue weighted by Gasteiger charge is -2.25. The molecule has 0 aliphatic heterocycles. The minimum atomic E-state index is -0.627. The normalized spacial score (nSPS) is 10.9. The lowest BCUT2D eigenvalue weighted by Crippen LogP contribution is -2.27. The predicted molar refractivity (Wildman–Crippen MR) is 109 cm³/mol. The average molecular weight is 394 g/mol. The number of non-ortho nitro benzene ring substituents is 1. The first-order valence-electron chi connectivity index (χ1n) is 8.91. The summed E-state index contributed by atoms with van der Waals surface area (Å²) in [5, 5.41) is 23.0. The van der Waals surface area contributed by atoms with E-state index in [2.05, 4.69) is 5.32 Å². The Hall–Kier alpha value is -3.86. The summed E-state index contributed by atoms with van der Waals surface area (Å²) in [6.45, 7) is 4.47. The van der Waals surface area contributed by atoms with Crippen molar-refractivity contribution in [2.75, 3.05) is 12.4 Å². The van der Waals surface area contributed by atoms with Crippen molar-refractivity contribution >= 4 is 17.3 Å². The van der Waals surface area contributed by atoms with Crippen LogP contribution in [-0.2, 0) is 11.3 Å². The lowest BCUT2D eigenvalue weighted by atomic mass is 10.2. The second kappa shape index (κ2) is 9.90. The molecule has 0 heterocycles. The van der Waals surface area contributed by atoms with Gasteiger partial charge in [-0.15, -0.1) is 0 Å². The summed E-state index contributed by atoms with van der Waals surface area (Å²) < 4.78 is 5.12. The standard InChI is InChI=1S/C21H22N4O4/c1-15(2)24(13-16-7-5-4-6-8-16)14-17(12-22)21(26)23-19-10-9-18(25(27)28)11-20(19)29-3/h4-11,14-15H,13H2,1-3H3,(H,23,26)/b17-14-. The number of anilines is 1. The molecule has 0 aliphatic carbocycles. The third-order valence-corrected chi connectivity index (χ3v) is 4.18. The third kappa shape index (κ3) is 5.81. The van der Waals surface area contributed by atoms with E-state index in [1.165, 1.54) is 31.5 Å². The molecule has 0 atom stereocenters. The number of nitro benzene ring substituents is 1. The number of carbonyl (C=O) groups excluding carboxylic acids is 1. The molecule has 1 N–H and O–H groups in total. The average Bonchev–Trinajstić information content (AvgIpc) is 2.71. The van der Waals surface area contributed by atoms with Gasteiger partial charge in [-0.3, -0.25) is 14.9 Å². The first-order chi connectivity index (χ1) is 13.8. The Balaban J connectivity index is 2.24. The van der Waals surface area contributed by atoms with Gasteiger partial charge in [0.05, 0.1) is 23.8 Å². The molecule has 0 saturated heterocycles. The van der Waals surface area contributed by atoms with E-state index in [1.54, 1.807) is 0 Å². The molecule has 2 aromatic carbocycles. The van der Waals surface area contributed by atoms with Crippen LogP contribution in [0.25, 0.3) is 0 Å². The molecule has 1 amide bonds. The van der Waals surface area contributed by atoms with Crippen LogP contribution in [0.1, 0.15) is 19.4 Å². The lowest BCUT2D eigenvalue weighted by molar-refractivity contribution is -0.384. The second-order valence-electron chi connectivity index (χ2n) is 6.50. The molecule has 0 fully saturated rings. The highest BCUT2D eigenvalue weighted by Gasteiger charge is 2.17. The van der Waals surface area contributed by atoms with Crippen LogP contribution in [0, 0.1) is 21.4 Å². The van der Waals surface area contributed by atoms with Crippen molar-refractivity contribution in [2.45, 2.75) is 26.4 Å². The Morgan fingerprint density at radius 2 is 2.00 bits per heavy atom. The zero-order valence-corrected chi connectivity index (χ0v) is 16.5. The van der Waals surface area contributed by atoms with E-state index in [-0.39, 0.29) is 28.7 Å². The maximum atomic E-state index is 12.6. The fraction of sp³-hybridized carbons (Fsp3) is 0.238. The summed E-state index contributed by atoms with van der Waals surface area (Å²) >= 11 is 0. The zero-order chi connectivity index (χ0) is 21.4. The van der Waals surface area contributed by atoms with Crippen LogP contribution < -0.4 is 10.1 Å². The Bertz CT molecular complexity index is 949. The van der Waals surface area contributed by atoms with Gasteiger partial charge < -0.3 is 15.0 Å². The van der Waals surface area contributed by atoms with Crippen molar-refractivity contribution in [1.82, 2.24) is 4.90 Å². The minimum absolute atomic E-state index is 0.0558. The predicted octanol–water partition coefficient (Wildman–Crippen LogP) is 3.86. The number of hydrogen-bond acceptors (Lipinski definition) is 6. The molecule has 150 valence electrons. The molecule has 0 saturated carbocycles. The molecular weight excluding hydrogens is 372 g/mol. The Morgan fingerprint density at radius 3 is 2.55 bits per heavy atom. The summed E-state index contributed by atoms with van der Waals surface area (Å²) in [5.41, 5.74) is 1.04. The summed E-state index contributed by atoms with van der Waals surface area (Å²) in [4.78, 5) is 24.9. The van der Waals surface area contributed by atoms with Gasteiger partial charge in [-0.05, 0) is 25.5 Å². The van der Waals surface area contributed by atoms with Crippen LogP contribution in [0.15, 0.2) is 60.3 Å². The number of amides is 1. The Morgan fingerprint density at radius 1 is 1.31 bits per heavy atom. The van der Waals surface area contributed by atoms with Crippen molar-refractivity contribution in [3.05, 3.63) is 76.0 Å². The third-order valence-electron chi connectivity index (χ3n) is 4.18. The molecule has 0 bridgehead atoms. The number of carbonyl (C=O) groups is 1. The molecule has 8 heteroatoms. The summed E-state index contributed by atoms with van der Waals surface area (Å²) in [6.07, 6.45) is 1.52. The number of nitro groups is 1. The number of nitriles is 1. The number of nitrogens with one attached hydrogen (secondary N) is 1. The highest BCUT2D eigenvalue weighted by molar-refractivity contribution is 6.07. The molecule has 0 radical (unpaired) electrons. The molecule has 2 aromatic rings. The van der Waals surface area contributed by atoms with Crippen molar-refractivity contribution in [3.63, 3.8) is 0 Å². The first-order valence-corrected chi connectivity index (χ1v) is 8.91. The number of ether oxygens (including phenoxy) is 1. The van der Waals surface area contributed by atoms with E-state index in [4.69, 9.17) is 4.74 Å². The maximum Gasteiger partial charge on any atom is 0.273 e. The van der Waals surface area contributed by atoms with Gasteiger partial charge in [0, 0.05) is 24.9 Å². The van der Waals surface area contributed by atoms with E-state index < -0.39 is 10.8 Å². The van der Waals surface area contributed by atoms with E-state index in [9.17, 15) is 20.2 Å². The largest absolute Gasteiger partial charge is 0.494 e. The van der Waals surface area contributed by atoms with Gasteiger partial charge in [0.2, 0.25) is 0 Å². The van der Waals surface area contributed by atoms with Gasteiger partial charge >= 0.3 is 0 Å². The van der Waals surface area contributed by atoms with Crippen LogP contribution in [0.4, 0.5) is 11.4 Å². The zero-order valence-electron chi connectivity index (χ0n) is 16.5. The number of rotatable bonds is 8. The first kappa shape index (κ1) is 21.4. The van der Waals surface area contributed by atoms with Crippen LogP contribution in [0.3, 0.4) is 0 Å². The van der Waals surface area contributed by atoms with E-state index >= 15 is 0 Å². The highest BCUT2D eigenvalue weighted by Crippen LogP contribution is 2.29. The number of nitrogens with zero attached hydrogens (tertiary/aromatic N) is 3. The van der Waals surface area contributed by atoms with E-state index in [1.807, 2.05) is 55.1 Å². The number of methoxy groups -OCH3 is 1. The van der Waals surface area contributed by atoms with Crippen molar-refractivity contribution < 1.29 is 14.5 Å². The smallest absolute Gasteiger partial charge is 0.273 e. The molecule has 0 spiro atoms. The molecule has 0 aromatic heterocycles. The molecular formula is C21H22N4O4. The van der Waals surface area contributed by atoms with Crippen molar-refractivity contribution in [1.29, 1.82) is 5.26 Å².